The first kappa shape index (κ1) is 21.6. The van der Waals surface area contributed by atoms with Crippen LogP contribution in [0.25, 0.3) is 0 Å². The predicted octanol–water partition coefficient (Wildman–Crippen LogP) is 4.15. The fourth-order valence-corrected chi connectivity index (χ4v) is 4.41. The Morgan fingerprint density at radius 2 is 1.57 bits per heavy atom. The van der Waals surface area contributed by atoms with E-state index in [0.29, 0.717) is 0 Å². The van der Waals surface area contributed by atoms with Crippen LogP contribution in [-0.4, -0.2) is 20.2 Å². The first-order chi connectivity index (χ1) is 14.2. The lowest BCUT2D eigenvalue weighted by atomic mass is 10.1. The van der Waals surface area contributed by atoms with Gasteiger partial charge in [0, 0.05) is 16.3 Å². The maximum absolute atomic E-state index is 12.6. The standard InChI is InChI=1S/C20H15Cl2N3O4S/c21-13-7-10-16(22)18(11-13)30(28,29)25-14-8-5-12(6-9-14)20(27)24-17-4-2-1-3-15(17)19(23)26/h1-11,25H,(H2,23,26)(H,24,27). The number of rotatable bonds is 6. The van der Waals surface area contributed by atoms with Crippen molar-refractivity contribution in [1.29, 1.82) is 0 Å². The molecule has 7 nitrogen and oxygen atoms in total. The van der Waals surface area contributed by atoms with Crippen molar-refractivity contribution in [3.05, 3.63) is 87.9 Å². The number of halogens is 2. The van der Waals surface area contributed by atoms with Gasteiger partial charge in [-0.15, -0.1) is 0 Å². The minimum Gasteiger partial charge on any atom is -0.366 e. The van der Waals surface area contributed by atoms with Crippen LogP contribution in [0.4, 0.5) is 11.4 Å². The summed E-state index contributed by atoms with van der Waals surface area (Å²) in [5.41, 5.74) is 6.22. The summed E-state index contributed by atoms with van der Waals surface area (Å²) in [6.45, 7) is 0. The Bertz CT molecular complexity index is 1230. The average Bonchev–Trinajstić information content (AvgIpc) is 2.70. The highest BCUT2D eigenvalue weighted by atomic mass is 35.5. The Kier molecular flexibility index (Phi) is 6.31. The molecule has 30 heavy (non-hydrogen) atoms. The highest BCUT2D eigenvalue weighted by molar-refractivity contribution is 7.92. The van der Waals surface area contributed by atoms with Gasteiger partial charge in [0.15, 0.2) is 0 Å². The van der Waals surface area contributed by atoms with Gasteiger partial charge in [0.25, 0.3) is 21.8 Å². The Morgan fingerprint density at radius 3 is 2.23 bits per heavy atom. The number of anilines is 2. The maximum Gasteiger partial charge on any atom is 0.263 e. The van der Waals surface area contributed by atoms with Gasteiger partial charge in [0.05, 0.1) is 16.3 Å². The predicted molar refractivity (Wildman–Crippen MR) is 117 cm³/mol. The summed E-state index contributed by atoms with van der Waals surface area (Å²) in [5.74, 6) is -1.16. The van der Waals surface area contributed by atoms with E-state index in [1.165, 1.54) is 48.5 Å². The van der Waals surface area contributed by atoms with Gasteiger partial charge in [-0.1, -0.05) is 35.3 Å². The highest BCUT2D eigenvalue weighted by Gasteiger charge is 2.19. The Hall–Kier alpha value is -3.07. The average molecular weight is 464 g/mol. The molecule has 3 aromatic carbocycles. The van der Waals surface area contributed by atoms with Gasteiger partial charge in [0.1, 0.15) is 4.90 Å². The molecule has 0 bridgehead atoms. The molecule has 154 valence electrons. The van der Waals surface area contributed by atoms with Crippen LogP contribution in [0.3, 0.4) is 0 Å². The second-order valence-corrected chi connectivity index (χ2v) is 8.62. The third-order valence-electron chi connectivity index (χ3n) is 4.02. The number of hydrogen-bond donors (Lipinski definition) is 3. The molecule has 0 aliphatic heterocycles. The second kappa shape index (κ2) is 8.74. The Morgan fingerprint density at radius 1 is 0.900 bits per heavy atom. The molecule has 0 saturated heterocycles. The third kappa shape index (κ3) is 4.91. The summed E-state index contributed by atoms with van der Waals surface area (Å²) >= 11 is 11.8. The fraction of sp³-hybridized carbons (Fsp3) is 0. The minimum absolute atomic E-state index is 0.0241. The number of nitrogens with two attached hydrogens (primary N) is 1. The molecule has 0 unspecified atom stereocenters. The van der Waals surface area contributed by atoms with E-state index in [1.807, 2.05) is 0 Å². The smallest absolute Gasteiger partial charge is 0.263 e. The van der Waals surface area contributed by atoms with Gasteiger partial charge in [-0.2, -0.15) is 0 Å². The number of nitrogens with one attached hydrogen (secondary N) is 2. The lowest BCUT2D eigenvalue weighted by Gasteiger charge is -2.11. The van der Waals surface area contributed by atoms with Crippen molar-refractivity contribution in [2.45, 2.75) is 4.90 Å². The molecule has 0 aliphatic carbocycles. The van der Waals surface area contributed by atoms with Crippen molar-refractivity contribution in [1.82, 2.24) is 0 Å². The van der Waals surface area contributed by atoms with Crippen LogP contribution >= 0.6 is 23.2 Å². The summed E-state index contributed by atoms with van der Waals surface area (Å²) in [4.78, 5) is 23.8. The van der Waals surface area contributed by atoms with Gasteiger partial charge >= 0.3 is 0 Å². The molecule has 10 heteroatoms. The van der Waals surface area contributed by atoms with E-state index in [9.17, 15) is 18.0 Å². The van der Waals surface area contributed by atoms with Crippen LogP contribution in [0.2, 0.25) is 10.0 Å². The summed E-state index contributed by atoms with van der Waals surface area (Å²) in [6, 6.07) is 16.1. The van der Waals surface area contributed by atoms with Crippen LogP contribution in [0.1, 0.15) is 20.7 Å². The molecular weight excluding hydrogens is 449 g/mol. The van der Waals surface area contributed by atoms with Crippen molar-refractivity contribution in [2.75, 3.05) is 10.0 Å². The highest BCUT2D eigenvalue weighted by Crippen LogP contribution is 2.27. The third-order valence-corrected chi connectivity index (χ3v) is 6.12. The molecule has 0 radical (unpaired) electrons. The zero-order valence-corrected chi connectivity index (χ0v) is 17.6. The van der Waals surface area contributed by atoms with E-state index >= 15 is 0 Å². The minimum atomic E-state index is -3.98. The number of primary amides is 1. The van der Waals surface area contributed by atoms with Gasteiger partial charge in [-0.05, 0) is 54.6 Å². The summed E-state index contributed by atoms with van der Waals surface area (Å²) in [6.07, 6.45) is 0. The Labute approximate surface area is 182 Å². The van der Waals surface area contributed by atoms with E-state index < -0.39 is 21.8 Å². The maximum atomic E-state index is 12.6. The summed E-state index contributed by atoms with van der Waals surface area (Å²) in [7, 11) is -3.98. The number of hydrogen-bond acceptors (Lipinski definition) is 4. The molecule has 0 aromatic heterocycles. The van der Waals surface area contributed by atoms with E-state index in [1.54, 1.807) is 18.2 Å². The van der Waals surface area contributed by atoms with Crippen molar-refractivity contribution in [2.24, 2.45) is 5.73 Å². The number of carbonyl (C=O) groups is 2. The number of carbonyl (C=O) groups excluding carboxylic acids is 2. The van der Waals surface area contributed by atoms with Crippen molar-refractivity contribution < 1.29 is 18.0 Å². The van der Waals surface area contributed by atoms with Crippen LogP contribution in [-0.2, 0) is 10.0 Å². The summed E-state index contributed by atoms with van der Waals surface area (Å²) < 4.78 is 27.5. The lowest BCUT2D eigenvalue weighted by molar-refractivity contribution is 0.100. The van der Waals surface area contributed by atoms with Crippen LogP contribution in [0.5, 0.6) is 0 Å². The monoisotopic (exact) mass is 463 g/mol. The topological polar surface area (TPSA) is 118 Å². The molecule has 0 atom stereocenters. The van der Waals surface area contributed by atoms with Crippen LogP contribution < -0.4 is 15.8 Å². The molecule has 0 fully saturated rings. The van der Waals surface area contributed by atoms with Crippen LogP contribution in [0.15, 0.2) is 71.6 Å². The molecule has 0 aliphatic rings. The summed E-state index contributed by atoms with van der Waals surface area (Å²) in [5, 5.41) is 2.85. The first-order valence-corrected chi connectivity index (χ1v) is 10.7. The largest absolute Gasteiger partial charge is 0.366 e. The lowest BCUT2D eigenvalue weighted by Crippen LogP contribution is -2.18. The van der Waals surface area contributed by atoms with Gasteiger partial charge in [-0.3, -0.25) is 14.3 Å². The Balaban J connectivity index is 1.77. The molecule has 0 spiro atoms. The number of para-hydroxylation sites is 1. The van der Waals surface area contributed by atoms with E-state index in [-0.39, 0.29) is 37.4 Å². The van der Waals surface area contributed by atoms with Gasteiger partial charge in [0.2, 0.25) is 0 Å². The normalized spacial score (nSPS) is 11.0. The molecule has 3 aromatic rings. The first-order valence-electron chi connectivity index (χ1n) is 8.45. The molecule has 0 heterocycles. The fourth-order valence-electron chi connectivity index (χ4n) is 2.58. The molecule has 2 amide bonds. The molecule has 3 rings (SSSR count). The number of amides is 2. The van der Waals surface area contributed by atoms with Gasteiger partial charge in [-0.25, -0.2) is 8.42 Å². The van der Waals surface area contributed by atoms with Crippen LogP contribution in [0, 0.1) is 0 Å². The number of benzene rings is 3. The zero-order valence-electron chi connectivity index (χ0n) is 15.2. The van der Waals surface area contributed by atoms with E-state index in [0.717, 1.165) is 0 Å². The molecule has 0 saturated carbocycles. The number of sulfonamides is 1. The zero-order chi connectivity index (χ0) is 21.9. The molecular formula is C20H15Cl2N3O4S. The SMILES string of the molecule is NC(=O)c1ccccc1NC(=O)c1ccc(NS(=O)(=O)c2cc(Cl)ccc2Cl)cc1. The van der Waals surface area contributed by atoms with Gasteiger partial charge < -0.3 is 11.1 Å². The van der Waals surface area contributed by atoms with E-state index in [4.69, 9.17) is 28.9 Å². The van der Waals surface area contributed by atoms with Crippen molar-refractivity contribution in [3.8, 4) is 0 Å². The molecule has 4 N–H and O–H groups in total. The van der Waals surface area contributed by atoms with Crippen molar-refractivity contribution >= 4 is 56.4 Å². The quantitative estimate of drug-likeness (QED) is 0.508. The van der Waals surface area contributed by atoms with Crippen molar-refractivity contribution in [3.63, 3.8) is 0 Å². The second-order valence-electron chi connectivity index (χ2n) is 6.12. The van der Waals surface area contributed by atoms with E-state index in [2.05, 4.69) is 10.0 Å².